The first kappa shape index (κ1) is 11.0. The molecule has 0 saturated carbocycles. The van der Waals surface area contributed by atoms with E-state index in [4.69, 9.17) is 0 Å². The average molecular weight is 219 g/mol. The monoisotopic (exact) mass is 219 g/mol. The highest BCUT2D eigenvalue weighted by atomic mass is 19.1. The van der Waals surface area contributed by atoms with Gasteiger partial charge in [0.2, 0.25) is 0 Å². The molecule has 0 aliphatic carbocycles. The van der Waals surface area contributed by atoms with E-state index in [1.807, 2.05) is 6.92 Å². The van der Waals surface area contributed by atoms with E-state index in [0.717, 1.165) is 5.69 Å². The number of pyridine rings is 1. The number of benzene rings is 1. The molecule has 0 unspecified atom stereocenters. The van der Waals surface area contributed by atoms with Crippen LogP contribution in [0.2, 0.25) is 0 Å². The number of aliphatic hydroxyl groups is 1. The fourth-order valence-electron chi connectivity index (χ4n) is 1.84. The van der Waals surface area contributed by atoms with Gasteiger partial charge in [0.25, 0.3) is 0 Å². The van der Waals surface area contributed by atoms with E-state index in [1.54, 1.807) is 26.0 Å². The van der Waals surface area contributed by atoms with Gasteiger partial charge in [0.05, 0.1) is 11.1 Å². The van der Waals surface area contributed by atoms with Gasteiger partial charge in [-0.15, -0.1) is 0 Å². The van der Waals surface area contributed by atoms with Crippen molar-refractivity contribution in [1.82, 2.24) is 4.98 Å². The predicted octanol–water partition coefficient (Wildman–Crippen LogP) is 2.91. The Morgan fingerprint density at radius 1 is 1.25 bits per heavy atom. The van der Waals surface area contributed by atoms with E-state index in [9.17, 15) is 9.50 Å². The van der Waals surface area contributed by atoms with Crippen LogP contribution in [0, 0.1) is 12.7 Å². The topological polar surface area (TPSA) is 33.1 Å². The number of aromatic nitrogens is 1. The molecule has 1 aromatic heterocycles. The maximum absolute atomic E-state index is 13.2. The number of fused-ring (bicyclic) bond motifs is 1. The van der Waals surface area contributed by atoms with Crippen LogP contribution in [0.5, 0.6) is 0 Å². The van der Waals surface area contributed by atoms with Crippen molar-refractivity contribution >= 4 is 10.9 Å². The number of hydrogen-bond acceptors (Lipinski definition) is 2. The predicted molar refractivity (Wildman–Crippen MR) is 61.7 cm³/mol. The highest BCUT2D eigenvalue weighted by Gasteiger charge is 2.20. The summed E-state index contributed by atoms with van der Waals surface area (Å²) in [5, 5.41) is 10.7. The number of aryl methyl sites for hydroxylation is 1. The quantitative estimate of drug-likeness (QED) is 0.800. The Bertz CT molecular complexity index is 543. The molecule has 0 bridgehead atoms. The van der Waals surface area contributed by atoms with Crippen LogP contribution in [0.1, 0.15) is 25.1 Å². The Hall–Kier alpha value is -1.48. The summed E-state index contributed by atoms with van der Waals surface area (Å²) in [4.78, 5) is 4.31. The van der Waals surface area contributed by atoms with Crippen molar-refractivity contribution in [3.05, 3.63) is 41.3 Å². The molecule has 2 aromatic rings. The van der Waals surface area contributed by atoms with Crippen molar-refractivity contribution in [1.29, 1.82) is 0 Å². The normalized spacial score (nSPS) is 12.1. The van der Waals surface area contributed by atoms with Gasteiger partial charge in [-0.1, -0.05) is 0 Å². The van der Waals surface area contributed by atoms with Crippen LogP contribution in [0.15, 0.2) is 24.3 Å². The molecular weight excluding hydrogens is 205 g/mol. The molecule has 2 rings (SSSR count). The van der Waals surface area contributed by atoms with Crippen molar-refractivity contribution in [2.24, 2.45) is 0 Å². The summed E-state index contributed by atoms with van der Waals surface area (Å²) in [5.74, 6) is -0.316. The minimum Gasteiger partial charge on any atom is -0.386 e. The molecule has 1 aromatic carbocycles. The zero-order chi connectivity index (χ0) is 11.9. The molecule has 1 N–H and O–H groups in total. The second-order valence-corrected chi connectivity index (χ2v) is 4.53. The zero-order valence-corrected chi connectivity index (χ0v) is 9.58. The first-order valence-electron chi connectivity index (χ1n) is 5.18. The van der Waals surface area contributed by atoms with Gasteiger partial charge in [-0.2, -0.15) is 0 Å². The van der Waals surface area contributed by atoms with Gasteiger partial charge < -0.3 is 5.11 Å². The fraction of sp³-hybridized carbons (Fsp3) is 0.308. The molecule has 0 saturated heterocycles. The molecular formula is C13H14FNO. The average Bonchev–Trinajstić information content (AvgIpc) is 2.16. The van der Waals surface area contributed by atoms with Crippen LogP contribution in [0.25, 0.3) is 10.9 Å². The summed E-state index contributed by atoms with van der Waals surface area (Å²) in [6.07, 6.45) is 0. The molecule has 0 fully saturated rings. The smallest absolute Gasteiger partial charge is 0.123 e. The van der Waals surface area contributed by atoms with Gasteiger partial charge in [-0.25, -0.2) is 4.39 Å². The zero-order valence-electron chi connectivity index (χ0n) is 9.58. The lowest BCUT2D eigenvalue weighted by Gasteiger charge is -2.20. The van der Waals surface area contributed by atoms with Gasteiger partial charge in [0.15, 0.2) is 0 Å². The minimum absolute atomic E-state index is 0.316. The molecule has 0 radical (unpaired) electrons. The molecule has 0 aliphatic rings. The molecule has 2 nitrogen and oxygen atoms in total. The van der Waals surface area contributed by atoms with E-state index in [2.05, 4.69) is 4.98 Å². The third-order valence-electron chi connectivity index (χ3n) is 2.56. The van der Waals surface area contributed by atoms with Crippen molar-refractivity contribution < 1.29 is 9.50 Å². The number of nitrogens with zero attached hydrogens (tertiary/aromatic N) is 1. The van der Waals surface area contributed by atoms with Crippen molar-refractivity contribution in [3.63, 3.8) is 0 Å². The molecule has 0 atom stereocenters. The second-order valence-electron chi connectivity index (χ2n) is 4.53. The summed E-state index contributed by atoms with van der Waals surface area (Å²) in [5.41, 5.74) is 1.23. The van der Waals surface area contributed by atoms with Crippen LogP contribution in [-0.2, 0) is 5.60 Å². The maximum Gasteiger partial charge on any atom is 0.123 e. The molecule has 16 heavy (non-hydrogen) atoms. The lowest BCUT2D eigenvalue weighted by Crippen LogP contribution is -2.16. The van der Waals surface area contributed by atoms with Crippen LogP contribution in [-0.4, -0.2) is 10.1 Å². The van der Waals surface area contributed by atoms with Crippen LogP contribution in [0.3, 0.4) is 0 Å². The number of rotatable bonds is 1. The Kier molecular flexibility index (Phi) is 2.43. The van der Waals surface area contributed by atoms with E-state index < -0.39 is 5.60 Å². The molecule has 0 spiro atoms. The summed E-state index contributed by atoms with van der Waals surface area (Å²) in [7, 11) is 0. The maximum atomic E-state index is 13.2. The molecule has 1 heterocycles. The summed E-state index contributed by atoms with van der Waals surface area (Å²) in [6.45, 7) is 5.23. The van der Waals surface area contributed by atoms with E-state index in [1.165, 1.54) is 12.1 Å². The van der Waals surface area contributed by atoms with E-state index in [0.29, 0.717) is 16.5 Å². The SMILES string of the molecule is Cc1cc(C(C)(C)O)c2cc(F)ccc2n1. The Balaban J connectivity index is 2.85. The number of hydrogen-bond donors (Lipinski definition) is 1. The van der Waals surface area contributed by atoms with Gasteiger partial charge in [0.1, 0.15) is 5.82 Å². The largest absolute Gasteiger partial charge is 0.386 e. The highest BCUT2D eigenvalue weighted by molar-refractivity contribution is 5.83. The first-order chi connectivity index (χ1) is 7.38. The second kappa shape index (κ2) is 3.52. The van der Waals surface area contributed by atoms with E-state index >= 15 is 0 Å². The number of halogens is 1. The van der Waals surface area contributed by atoms with Crippen LogP contribution < -0.4 is 0 Å². The van der Waals surface area contributed by atoms with Crippen LogP contribution >= 0.6 is 0 Å². The summed E-state index contributed by atoms with van der Waals surface area (Å²) >= 11 is 0. The Labute approximate surface area is 93.8 Å². The third kappa shape index (κ3) is 1.91. The minimum atomic E-state index is -1.00. The first-order valence-corrected chi connectivity index (χ1v) is 5.18. The molecule has 0 aliphatic heterocycles. The summed E-state index contributed by atoms with van der Waals surface area (Å²) in [6, 6.07) is 6.21. The Morgan fingerprint density at radius 3 is 2.56 bits per heavy atom. The Morgan fingerprint density at radius 2 is 1.94 bits per heavy atom. The summed E-state index contributed by atoms with van der Waals surface area (Å²) < 4.78 is 13.2. The van der Waals surface area contributed by atoms with Crippen molar-refractivity contribution in [2.75, 3.05) is 0 Å². The molecule has 0 amide bonds. The van der Waals surface area contributed by atoms with Gasteiger partial charge in [-0.05, 0) is 50.6 Å². The standard InChI is InChI=1S/C13H14FNO/c1-8-6-11(13(2,3)16)10-7-9(14)4-5-12(10)15-8/h4-7,16H,1-3H3. The van der Waals surface area contributed by atoms with Crippen LogP contribution in [0.4, 0.5) is 4.39 Å². The van der Waals surface area contributed by atoms with E-state index in [-0.39, 0.29) is 5.82 Å². The van der Waals surface area contributed by atoms with Gasteiger partial charge in [-0.3, -0.25) is 4.98 Å². The fourth-order valence-corrected chi connectivity index (χ4v) is 1.84. The lowest BCUT2D eigenvalue weighted by molar-refractivity contribution is 0.0800. The third-order valence-corrected chi connectivity index (χ3v) is 2.56. The highest BCUT2D eigenvalue weighted by Crippen LogP contribution is 2.28. The van der Waals surface area contributed by atoms with Gasteiger partial charge >= 0.3 is 0 Å². The van der Waals surface area contributed by atoms with Crippen molar-refractivity contribution in [3.8, 4) is 0 Å². The molecule has 3 heteroatoms. The molecule has 84 valence electrons. The lowest BCUT2D eigenvalue weighted by atomic mass is 9.94. The van der Waals surface area contributed by atoms with Crippen molar-refractivity contribution in [2.45, 2.75) is 26.4 Å². The van der Waals surface area contributed by atoms with Gasteiger partial charge in [0, 0.05) is 11.1 Å².